The fraction of sp³-hybridized carbons (Fsp3) is 0.400. The van der Waals surface area contributed by atoms with E-state index in [-0.39, 0.29) is 22.8 Å². The van der Waals surface area contributed by atoms with Crippen molar-refractivity contribution in [1.82, 2.24) is 9.97 Å². The number of anilines is 1. The Balaban J connectivity index is 2.01. The van der Waals surface area contributed by atoms with Crippen molar-refractivity contribution in [2.45, 2.75) is 37.6 Å². The van der Waals surface area contributed by atoms with E-state index in [1.165, 1.54) is 38.6 Å². The Morgan fingerprint density at radius 3 is 2.58 bits per heavy atom. The van der Waals surface area contributed by atoms with Gasteiger partial charge in [0.25, 0.3) is 11.8 Å². The predicted molar refractivity (Wildman–Crippen MR) is 103 cm³/mol. The topological polar surface area (TPSA) is 116 Å². The van der Waals surface area contributed by atoms with Gasteiger partial charge in [0.2, 0.25) is 0 Å². The Kier molecular flexibility index (Phi) is 5.90. The summed E-state index contributed by atoms with van der Waals surface area (Å²) >= 11 is 0. The number of aromatic nitrogens is 2. The molecule has 2 aromatic heterocycles. The molecule has 0 spiro atoms. The van der Waals surface area contributed by atoms with E-state index in [1.54, 1.807) is 12.1 Å². The number of hydrogen-bond donors (Lipinski definition) is 2. The number of nitrogens with two attached hydrogens (primary N) is 1. The number of hydrogen-bond acceptors (Lipinski definition) is 6. The van der Waals surface area contributed by atoms with Crippen LogP contribution in [0.3, 0.4) is 0 Å². The number of ether oxygens (including phenoxy) is 2. The SMILES string of the molecule is COc1cccnc1[C@@H]1[C@@H](C)[C@@](C)(C(F)(F)F)O[C@H]1C(=O)Nc1ccnc(C(N)=O)c1. The summed E-state index contributed by atoms with van der Waals surface area (Å²) in [6.07, 6.45) is -3.62. The lowest BCUT2D eigenvalue weighted by atomic mass is 9.78. The molecule has 3 rings (SSSR count). The van der Waals surface area contributed by atoms with Gasteiger partial charge in [-0.05, 0) is 31.2 Å². The van der Waals surface area contributed by atoms with Gasteiger partial charge in [-0.3, -0.25) is 19.6 Å². The highest BCUT2D eigenvalue weighted by atomic mass is 19.4. The molecule has 2 amide bonds. The third-order valence-electron chi connectivity index (χ3n) is 5.54. The predicted octanol–water partition coefficient (Wildman–Crippen LogP) is 2.66. The van der Waals surface area contributed by atoms with Gasteiger partial charge in [0.05, 0.1) is 12.8 Å². The quantitative estimate of drug-likeness (QED) is 0.742. The molecule has 0 radical (unpaired) electrons. The summed E-state index contributed by atoms with van der Waals surface area (Å²) in [5.41, 5.74) is 2.79. The highest BCUT2D eigenvalue weighted by Gasteiger charge is 2.66. The highest BCUT2D eigenvalue weighted by molar-refractivity contribution is 5.97. The minimum absolute atomic E-state index is 0.110. The van der Waals surface area contributed by atoms with Crippen LogP contribution >= 0.6 is 0 Å². The fourth-order valence-corrected chi connectivity index (χ4v) is 3.65. The van der Waals surface area contributed by atoms with Crippen molar-refractivity contribution in [3.8, 4) is 5.75 Å². The first kappa shape index (κ1) is 22.5. The summed E-state index contributed by atoms with van der Waals surface area (Å²) in [5, 5.41) is 2.48. The summed E-state index contributed by atoms with van der Waals surface area (Å²) in [6.45, 7) is 2.27. The zero-order chi connectivity index (χ0) is 23.0. The molecule has 2 aromatic rings. The first-order valence-corrected chi connectivity index (χ1v) is 9.29. The van der Waals surface area contributed by atoms with Crippen LogP contribution in [0.15, 0.2) is 36.7 Å². The zero-order valence-corrected chi connectivity index (χ0v) is 16.9. The van der Waals surface area contributed by atoms with Crippen LogP contribution in [0.25, 0.3) is 0 Å². The average molecular weight is 438 g/mol. The van der Waals surface area contributed by atoms with E-state index in [0.717, 1.165) is 6.92 Å². The minimum Gasteiger partial charge on any atom is -0.495 e. The summed E-state index contributed by atoms with van der Waals surface area (Å²) in [6, 6.07) is 5.72. The summed E-state index contributed by atoms with van der Waals surface area (Å²) < 4.78 is 52.3. The van der Waals surface area contributed by atoms with Crippen LogP contribution in [-0.2, 0) is 9.53 Å². The van der Waals surface area contributed by atoms with Crippen molar-refractivity contribution >= 4 is 17.5 Å². The van der Waals surface area contributed by atoms with Gasteiger partial charge in [-0.2, -0.15) is 13.2 Å². The maximum atomic E-state index is 13.9. The van der Waals surface area contributed by atoms with E-state index in [0.29, 0.717) is 0 Å². The van der Waals surface area contributed by atoms with E-state index in [9.17, 15) is 22.8 Å². The van der Waals surface area contributed by atoms with Gasteiger partial charge in [-0.1, -0.05) is 6.92 Å². The molecule has 0 saturated carbocycles. The monoisotopic (exact) mass is 438 g/mol. The molecule has 8 nitrogen and oxygen atoms in total. The van der Waals surface area contributed by atoms with Crippen molar-refractivity contribution < 1.29 is 32.2 Å². The number of carbonyl (C=O) groups is 2. The number of pyridine rings is 2. The number of rotatable bonds is 5. The Morgan fingerprint density at radius 2 is 1.97 bits per heavy atom. The molecule has 166 valence electrons. The van der Waals surface area contributed by atoms with Crippen LogP contribution in [0.4, 0.5) is 18.9 Å². The Hall–Kier alpha value is -3.21. The number of halogens is 3. The van der Waals surface area contributed by atoms with Crippen LogP contribution < -0.4 is 15.8 Å². The first-order valence-electron chi connectivity index (χ1n) is 9.29. The molecule has 3 heterocycles. The Morgan fingerprint density at radius 1 is 1.26 bits per heavy atom. The lowest BCUT2D eigenvalue weighted by molar-refractivity contribution is -0.272. The van der Waals surface area contributed by atoms with E-state index in [1.807, 2.05) is 0 Å². The van der Waals surface area contributed by atoms with Crippen molar-refractivity contribution in [3.63, 3.8) is 0 Å². The van der Waals surface area contributed by atoms with Gasteiger partial charge in [-0.15, -0.1) is 0 Å². The van der Waals surface area contributed by atoms with Crippen LogP contribution in [0.5, 0.6) is 5.75 Å². The molecule has 1 aliphatic heterocycles. The molecule has 3 N–H and O–H groups in total. The van der Waals surface area contributed by atoms with E-state index < -0.39 is 41.5 Å². The average Bonchev–Trinajstić information content (AvgIpc) is 3.00. The molecular formula is C20H21F3N4O4. The Bertz CT molecular complexity index is 1000. The van der Waals surface area contributed by atoms with Crippen molar-refractivity contribution in [2.24, 2.45) is 11.7 Å². The van der Waals surface area contributed by atoms with E-state index >= 15 is 0 Å². The molecule has 0 unspecified atom stereocenters. The van der Waals surface area contributed by atoms with Crippen LogP contribution in [-0.4, -0.2) is 46.8 Å². The molecule has 11 heteroatoms. The molecule has 1 aliphatic rings. The normalized spacial score (nSPS) is 25.8. The van der Waals surface area contributed by atoms with Crippen molar-refractivity contribution in [1.29, 1.82) is 0 Å². The summed E-state index contributed by atoms with van der Waals surface area (Å²) in [7, 11) is 1.36. The van der Waals surface area contributed by atoms with Crippen LogP contribution in [0.1, 0.15) is 35.9 Å². The lowest BCUT2D eigenvalue weighted by Gasteiger charge is -2.31. The van der Waals surface area contributed by atoms with Gasteiger partial charge in [-0.25, -0.2) is 0 Å². The lowest BCUT2D eigenvalue weighted by Crippen LogP contribution is -2.47. The minimum atomic E-state index is -4.74. The van der Waals surface area contributed by atoms with E-state index in [4.69, 9.17) is 15.2 Å². The molecule has 0 aliphatic carbocycles. The standard InChI is InChI=1S/C20H21F3N4O4/c1-10-14(15-13(30-3)5-4-7-26-15)16(31-19(10,2)20(21,22)23)18(29)27-11-6-8-25-12(9-11)17(24)28/h4-10,14,16H,1-3H3,(H2,24,28)(H,25,27,29)/t10-,14+,16-,19+/m1/s1. The number of methoxy groups -OCH3 is 1. The number of nitrogens with one attached hydrogen (secondary N) is 1. The first-order chi connectivity index (χ1) is 14.5. The van der Waals surface area contributed by atoms with Gasteiger partial charge < -0.3 is 20.5 Å². The second-order valence-electron chi connectivity index (χ2n) is 7.33. The smallest absolute Gasteiger partial charge is 0.417 e. The summed E-state index contributed by atoms with van der Waals surface area (Å²) in [4.78, 5) is 32.3. The molecule has 0 aromatic carbocycles. The van der Waals surface area contributed by atoms with Gasteiger partial charge >= 0.3 is 6.18 Å². The Labute approximate surface area is 176 Å². The van der Waals surface area contributed by atoms with Gasteiger partial charge in [0.15, 0.2) is 5.60 Å². The van der Waals surface area contributed by atoms with E-state index in [2.05, 4.69) is 15.3 Å². The molecular weight excluding hydrogens is 417 g/mol. The molecule has 1 fully saturated rings. The fourth-order valence-electron chi connectivity index (χ4n) is 3.65. The second kappa shape index (κ2) is 8.14. The number of alkyl halides is 3. The number of carbonyl (C=O) groups excluding carboxylic acids is 2. The zero-order valence-electron chi connectivity index (χ0n) is 16.9. The third kappa shape index (κ3) is 4.05. The molecule has 0 bridgehead atoms. The van der Waals surface area contributed by atoms with Gasteiger partial charge in [0, 0.05) is 29.9 Å². The highest BCUT2D eigenvalue weighted by Crippen LogP contribution is 2.54. The van der Waals surface area contributed by atoms with Crippen LogP contribution in [0.2, 0.25) is 0 Å². The number of primary amides is 1. The summed E-state index contributed by atoms with van der Waals surface area (Å²) in [5.74, 6) is -3.63. The molecule has 1 saturated heterocycles. The van der Waals surface area contributed by atoms with Crippen LogP contribution in [0, 0.1) is 5.92 Å². The van der Waals surface area contributed by atoms with Crippen molar-refractivity contribution in [2.75, 3.05) is 12.4 Å². The largest absolute Gasteiger partial charge is 0.495 e. The second-order valence-corrected chi connectivity index (χ2v) is 7.33. The number of nitrogens with zero attached hydrogens (tertiary/aromatic N) is 2. The number of amides is 2. The third-order valence-corrected chi connectivity index (χ3v) is 5.54. The molecule has 31 heavy (non-hydrogen) atoms. The van der Waals surface area contributed by atoms with Gasteiger partial charge in [0.1, 0.15) is 17.5 Å². The molecule has 4 atom stereocenters. The maximum absolute atomic E-state index is 13.9. The maximum Gasteiger partial charge on any atom is 0.417 e. The van der Waals surface area contributed by atoms with Crippen molar-refractivity contribution in [3.05, 3.63) is 48.0 Å².